The zero-order chi connectivity index (χ0) is 17.7. The number of nitrogens with zero attached hydrogens (tertiary/aromatic N) is 5. The molecule has 0 fully saturated rings. The maximum absolute atomic E-state index is 6.62. The summed E-state index contributed by atoms with van der Waals surface area (Å²) in [6, 6.07) is 15.3. The van der Waals surface area contributed by atoms with E-state index in [1.165, 1.54) is 11.3 Å². The van der Waals surface area contributed by atoms with E-state index in [1.54, 1.807) is 16.8 Å². The molecule has 0 spiro atoms. The number of pyridine rings is 1. The first-order valence-corrected chi connectivity index (χ1v) is 9.30. The van der Waals surface area contributed by atoms with Crippen LogP contribution in [0, 0.1) is 0 Å². The molecule has 0 atom stereocenters. The van der Waals surface area contributed by atoms with E-state index in [9.17, 15) is 0 Å². The Balaban J connectivity index is 1.69. The molecular formula is C18H9Cl2N5S. The number of halogens is 2. The molecule has 0 amide bonds. The molecule has 5 aromatic rings. The van der Waals surface area contributed by atoms with Gasteiger partial charge >= 0.3 is 0 Å². The van der Waals surface area contributed by atoms with Crippen LogP contribution in [0.3, 0.4) is 0 Å². The van der Waals surface area contributed by atoms with Crippen LogP contribution in [0.5, 0.6) is 0 Å². The first kappa shape index (κ1) is 15.7. The summed E-state index contributed by atoms with van der Waals surface area (Å²) in [5.41, 5.74) is 2.48. The smallest absolute Gasteiger partial charge is 0.235 e. The summed E-state index contributed by atoms with van der Waals surface area (Å²) in [5, 5.41) is 15.8. The number of aromatic nitrogens is 5. The summed E-state index contributed by atoms with van der Waals surface area (Å²) >= 11 is 14.1. The van der Waals surface area contributed by atoms with Gasteiger partial charge in [0, 0.05) is 22.2 Å². The third-order valence-corrected chi connectivity index (χ3v) is 5.59. The maximum Gasteiger partial charge on any atom is 0.235 e. The highest BCUT2D eigenvalue weighted by atomic mass is 35.5. The second kappa shape index (κ2) is 6.02. The van der Waals surface area contributed by atoms with Gasteiger partial charge in [-0.3, -0.25) is 4.98 Å². The molecule has 0 aliphatic heterocycles. The Morgan fingerprint density at radius 2 is 1.81 bits per heavy atom. The van der Waals surface area contributed by atoms with Gasteiger partial charge in [0.1, 0.15) is 0 Å². The van der Waals surface area contributed by atoms with E-state index in [0.29, 0.717) is 20.8 Å². The van der Waals surface area contributed by atoms with E-state index >= 15 is 0 Å². The number of hydrogen-bond donors (Lipinski definition) is 0. The molecule has 0 saturated heterocycles. The molecule has 26 heavy (non-hydrogen) atoms. The van der Waals surface area contributed by atoms with Crippen molar-refractivity contribution in [1.29, 1.82) is 0 Å². The quantitative estimate of drug-likeness (QED) is 0.401. The summed E-state index contributed by atoms with van der Waals surface area (Å²) in [6.45, 7) is 0. The van der Waals surface area contributed by atoms with E-state index in [0.717, 1.165) is 27.0 Å². The summed E-state index contributed by atoms with van der Waals surface area (Å²) in [5.74, 6) is 0.691. The van der Waals surface area contributed by atoms with Crippen LogP contribution in [-0.2, 0) is 0 Å². The van der Waals surface area contributed by atoms with Crippen LogP contribution in [0.1, 0.15) is 0 Å². The SMILES string of the molecule is Clc1ccc2ncc(-c3nn4c(-c5ccccc5)nnc4s3)c(Cl)c2c1. The fraction of sp³-hybridized carbons (Fsp3) is 0. The molecule has 0 aliphatic rings. The summed E-state index contributed by atoms with van der Waals surface area (Å²) in [7, 11) is 0. The fourth-order valence-corrected chi connectivity index (χ4v) is 4.15. The number of hydrogen-bond acceptors (Lipinski definition) is 5. The molecule has 0 bridgehead atoms. The van der Waals surface area contributed by atoms with Gasteiger partial charge < -0.3 is 0 Å². The average molecular weight is 398 g/mol. The lowest BCUT2D eigenvalue weighted by atomic mass is 10.1. The highest BCUT2D eigenvalue weighted by molar-refractivity contribution is 7.19. The Kier molecular flexibility index (Phi) is 3.63. The standard InChI is InChI=1S/C18H9Cl2N5S/c19-11-6-7-14-12(8-11)15(20)13(9-21-14)17-24-25-16(22-23-18(25)26-17)10-4-2-1-3-5-10/h1-9H. The Morgan fingerprint density at radius 1 is 0.962 bits per heavy atom. The molecule has 5 nitrogen and oxygen atoms in total. The van der Waals surface area contributed by atoms with Crippen LogP contribution in [0.4, 0.5) is 0 Å². The van der Waals surface area contributed by atoms with Crippen LogP contribution in [0.15, 0.2) is 54.7 Å². The number of fused-ring (bicyclic) bond motifs is 2. The van der Waals surface area contributed by atoms with Gasteiger partial charge in [0.2, 0.25) is 4.96 Å². The van der Waals surface area contributed by atoms with Crippen LogP contribution in [0.25, 0.3) is 37.8 Å². The number of benzene rings is 2. The van der Waals surface area contributed by atoms with Crippen molar-refractivity contribution in [3.05, 3.63) is 64.8 Å². The second-order valence-corrected chi connectivity index (χ2v) is 7.41. The van der Waals surface area contributed by atoms with Crippen molar-refractivity contribution in [2.75, 3.05) is 0 Å². The fourth-order valence-electron chi connectivity index (χ4n) is 2.77. The van der Waals surface area contributed by atoms with E-state index in [2.05, 4.69) is 20.3 Å². The van der Waals surface area contributed by atoms with E-state index in [1.807, 2.05) is 42.5 Å². The molecule has 8 heteroatoms. The molecule has 0 radical (unpaired) electrons. The monoisotopic (exact) mass is 397 g/mol. The molecular weight excluding hydrogens is 389 g/mol. The van der Waals surface area contributed by atoms with E-state index in [4.69, 9.17) is 23.2 Å². The van der Waals surface area contributed by atoms with Crippen molar-refractivity contribution < 1.29 is 0 Å². The van der Waals surface area contributed by atoms with Crippen LogP contribution < -0.4 is 0 Å². The van der Waals surface area contributed by atoms with Crippen molar-refractivity contribution in [3.8, 4) is 22.0 Å². The van der Waals surface area contributed by atoms with Crippen molar-refractivity contribution >= 4 is 50.4 Å². The van der Waals surface area contributed by atoms with Crippen molar-refractivity contribution in [3.63, 3.8) is 0 Å². The third kappa shape index (κ3) is 2.46. The molecule has 5 rings (SSSR count). The zero-order valence-corrected chi connectivity index (χ0v) is 15.4. The Labute approximate surface area is 161 Å². The molecule has 0 unspecified atom stereocenters. The van der Waals surface area contributed by atoms with Crippen LogP contribution in [0.2, 0.25) is 10.0 Å². The predicted octanol–water partition coefficient (Wildman–Crippen LogP) is 5.37. The first-order valence-electron chi connectivity index (χ1n) is 7.72. The first-order chi connectivity index (χ1) is 12.7. The number of rotatable bonds is 2. The van der Waals surface area contributed by atoms with Crippen molar-refractivity contribution in [1.82, 2.24) is 24.8 Å². The Bertz CT molecular complexity index is 1260. The molecule has 0 aliphatic carbocycles. The van der Waals surface area contributed by atoms with Crippen molar-refractivity contribution in [2.45, 2.75) is 0 Å². The minimum absolute atomic E-state index is 0.573. The molecule has 3 aromatic heterocycles. The van der Waals surface area contributed by atoms with Crippen molar-refractivity contribution in [2.24, 2.45) is 0 Å². The van der Waals surface area contributed by atoms with E-state index < -0.39 is 0 Å². The maximum atomic E-state index is 6.62. The minimum Gasteiger partial charge on any atom is -0.255 e. The molecule has 126 valence electrons. The predicted molar refractivity (Wildman–Crippen MR) is 105 cm³/mol. The lowest BCUT2D eigenvalue weighted by Crippen LogP contribution is -1.91. The Hall–Kier alpha value is -2.54. The van der Waals surface area contributed by atoms with E-state index in [-0.39, 0.29) is 0 Å². The summed E-state index contributed by atoms with van der Waals surface area (Å²) in [6.07, 6.45) is 1.73. The molecule has 3 heterocycles. The topological polar surface area (TPSA) is 56.0 Å². The molecule has 0 saturated carbocycles. The third-order valence-electron chi connectivity index (χ3n) is 4.02. The van der Waals surface area contributed by atoms with Gasteiger partial charge in [-0.25, -0.2) is 0 Å². The average Bonchev–Trinajstić information content (AvgIpc) is 3.24. The normalized spacial score (nSPS) is 11.5. The highest BCUT2D eigenvalue weighted by Crippen LogP contribution is 2.36. The lowest BCUT2D eigenvalue weighted by Gasteiger charge is -2.04. The van der Waals surface area contributed by atoms with Gasteiger partial charge in [0.05, 0.1) is 16.1 Å². The van der Waals surface area contributed by atoms with Gasteiger partial charge in [0.25, 0.3) is 0 Å². The summed E-state index contributed by atoms with van der Waals surface area (Å²) < 4.78 is 1.73. The van der Waals surface area contributed by atoms with Gasteiger partial charge in [-0.2, -0.15) is 9.61 Å². The van der Waals surface area contributed by atoms with Crippen LogP contribution >= 0.6 is 34.5 Å². The van der Waals surface area contributed by atoms with Crippen LogP contribution in [-0.4, -0.2) is 24.8 Å². The van der Waals surface area contributed by atoms with Gasteiger partial charge in [-0.1, -0.05) is 64.9 Å². The molecule has 0 N–H and O–H groups in total. The van der Waals surface area contributed by atoms with Gasteiger partial charge in [0.15, 0.2) is 10.8 Å². The molecule has 2 aromatic carbocycles. The largest absolute Gasteiger partial charge is 0.255 e. The Morgan fingerprint density at radius 3 is 2.65 bits per heavy atom. The highest BCUT2D eigenvalue weighted by Gasteiger charge is 2.17. The zero-order valence-electron chi connectivity index (χ0n) is 13.1. The van der Waals surface area contributed by atoms with Gasteiger partial charge in [-0.15, -0.1) is 10.2 Å². The van der Waals surface area contributed by atoms with Gasteiger partial charge in [-0.05, 0) is 18.2 Å². The summed E-state index contributed by atoms with van der Waals surface area (Å²) in [4.78, 5) is 5.17. The lowest BCUT2D eigenvalue weighted by molar-refractivity contribution is 0.970. The minimum atomic E-state index is 0.573. The second-order valence-electron chi connectivity index (χ2n) is 5.64.